The Hall–Kier alpha value is -1.38. The number of hydrogen-bond acceptors (Lipinski definition) is 11. The number of fused-ring (bicyclic) bond motifs is 1. The molecule has 6 N–H and O–H groups in total. The first-order chi connectivity index (χ1) is 20.3. The number of hydrogen-bond donors (Lipinski definition) is 6. The van der Waals surface area contributed by atoms with E-state index in [2.05, 4.69) is 27.7 Å². The largest absolute Gasteiger partial charge is 0.472 e. The van der Waals surface area contributed by atoms with Gasteiger partial charge in [0.2, 0.25) is 0 Å². The van der Waals surface area contributed by atoms with Gasteiger partial charge in [0.05, 0.1) is 31.3 Å². The second-order valence-corrected chi connectivity index (χ2v) is 13.9. The molecule has 11 heteroatoms. The average Bonchev–Trinajstić information content (AvgIpc) is 3.48. The average molecular weight is 611 g/mol. The normalized spacial score (nSPS) is 45.2. The van der Waals surface area contributed by atoms with Crippen molar-refractivity contribution in [2.24, 2.45) is 16.7 Å². The van der Waals surface area contributed by atoms with E-state index in [1.165, 1.54) is 16.7 Å². The highest BCUT2D eigenvalue weighted by atomic mass is 16.8. The molecule has 13 unspecified atom stereocenters. The molecule has 0 aromatic carbocycles. The van der Waals surface area contributed by atoms with E-state index in [1.54, 1.807) is 13.2 Å². The maximum atomic E-state index is 11.1. The van der Waals surface area contributed by atoms with E-state index >= 15 is 0 Å². The predicted octanol–water partition coefficient (Wildman–Crippen LogP) is 1.80. The number of furan rings is 1. The van der Waals surface area contributed by atoms with E-state index in [0.29, 0.717) is 5.92 Å². The van der Waals surface area contributed by atoms with Gasteiger partial charge in [-0.15, -0.1) is 0 Å². The highest BCUT2D eigenvalue weighted by molar-refractivity contribution is 5.29. The molecule has 1 aromatic heterocycles. The van der Waals surface area contributed by atoms with Gasteiger partial charge in [-0.25, -0.2) is 0 Å². The van der Waals surface area contributed by atoms with E-state index in [1.807, 2.05) is 12.3 Å². The van der Waals surface area contributed by atoms with E-state index < -0.39 is 68.0 Å². The minimum atomic E-state index is -1.67. The van der Waals surface area contributed by atoms with Crippen LogP contribution in [0.2, 0.25) is 0 Å². The lowest BCUT2D eigenvalue weighted by Crippen LogP contribution is -2.65. The fourth-order valence-corrected chi connectivity index (χ4v) is 8.27. The number of allylic oxidation sites excluding steroid dienone is 2. The van der Waals surface area contributed by atoms with Crippen molar-refractivity contribution in [1.29, 1.82) is 0 Å². The number of aliphatic hydroxyl groups is 6. The summed E-state index contributed by atoms with van der Waals surface area (Å²) in [6.45, 7) is 10.1. The summed E-state index contributed by atoms with van der Waals surface area (Å²) < 4.78 is 29.5. The van der Waals surface area contributed by atoms with Crippen molar-refractivity contribution in [1.82, 2.24) is 0 Å². The monoisotopic (exact) mass is 610 g/mol. The van der Waals surface area contributed by atoms with Crippen LogP contribution in [-0.2, 0) is 25.4 Å². The number of ether oxygens (including phenoxy) is 4. The van der Waals surface area contributed by atoms with Crippen LogP contribution in [-0.4, -0.2) is 105 Å². The van der Waals surface area contributed by atoms with Crippen molar-refractivity contribution in [3.05, 3.63) is 35.3 Å². The molecule has 3 heterocycles. The summed E-state index contributed by atoms with van der Waals surface area (Å²) in [6, 6.07) is 2.02. The molecule has 43 heavy (non-hydrogen) atoms. The van der Waals surface area contributed by atoms with Gasteiger partial charge in [-0.05, 0) is 80.8 Å². The Bertz CT molecular complexity index is 1100. The highest BCUT2D eigenvalue weighted by Gasteiger charge is 2.57. The SMILES string of the molecule is CC1=C(CCc2ccoc2)C2(C)CCC(OC3OC(C)C(O)C(O)C3OC3OC(CO)C(O)C(O)C3O)C(C)(C)C2CC1. The van der Waals surface area contributed by atoms with Crippen molar-refractivity contribution in [2.45, 2.75) is 141 Å². The van der Waals surface area contributed by atoms with E-state index in [9.17, 15) is 30.6 Å². The summed E-state index contributed by atoms with van der Waals surface area (Å²) in [5, 5.41) is 62.3. The maximum absolute atomic E-state index is 11.1. The summed E-state index contributed by atoms with van der Waals surface area (Å²) in [7, 11) is 0. The zero-order chi connectivity index (χ0) is 31.3. The maximum Gasteiger partial charge on any atom is 0.187 e. The van der Waals surface area contributed by atoms with E-state index in [0.717, 1.165) is 38.5 Å². The lowest BCUT2D eigenvalue weighted by atomic mass is 9.49. The molecule has 3 fully saturated rings. The number of aliphatic hydroxyl groups excluding tert-OH is 6. The van der Waals surface area contributed by atoms with Gasteiger partial charge in [-0.3, -0.25) is 0 Å². The molecule has 4 aliphatic rings. The predicted molar refractivity (Wildman–Crippen MR) is 153 cm³/mol. The Kier molecular flexibility index (Phi) is 9.81. The summed E-state index contributed by atoms with van der Waals surface area (Å²) in [4.78, 5) is 0. The van der Waals surface area contributed by atoms with Crippen molar-refractivity contribution in [3.63, 3.8) is 0 Å². The van der Waals surface area contributed by atoms with Crippen LogP contribution >= 0.6 is 0 Å². The van der Waals surface area contributed by atoms with E-state index in [-0.39, 0.29) is 16.9 Å². The fraction of sp³-hybridized carbons (Fsp3) is 0.812. The van der Waals surface area contributed by atoms with Gasteiger partial charge in [0.25, 0.3) is 0 Å². The molecule has 11 nitrogen and oxygen atoms in total. The van der Waals surface area contributed by atoms with Crippen LogP contribution in [0.25, 0.3) is 0 Å². The Morgan fingerprint density at radius 3 is 2.30 bits per heavy atom. The van der Waals surface area contributed by atoms with Crippen molar-refractivity contribution < 1.29 is 54.0 Å². The summed E-state index contributed by atoms with van der Waals surface area (Å²) >= 11 is 0. The molecule has 244 valence electrons. The fourth-order valence-electron chi connectivity index (χ4n) is 8.27. The second-order valence-electron chi connectivity index (χ2n) is 13.9. The molecule has 0 spiro atoms. The third kappa shape index (κ3) is 6.10. The molecule has 0 bridgehead atoms. The van der Waals surface area contributed by atoms with Gasteiger partial charge in [-0.2, -0.15) is 0 Å². The van der Waals surface area contributed by atoms with Crippen molar-refractivity contribution in [3.8, 4) is 0 Å². The number of rotatable bonds is 8. The van der Waals surface area contributed by atoms with E-state index in [4.69, 9.17) is 23.4 Å². The first-order valence-corrected chi connectivity index (χ1v) is 15.6. The smallest absolute Gasteiger partial charge is 0.187 e. The van der Waals surface area contributed by atoms with Gasteiger partial charge in [0, 0.05) is 0 Å². The van der Waals surface area contributed by atoms with Crippen LogP contribution in [0.1, 0.15) is 72.3 Å². The van der Waals surface area contributed by atoms with Gasteiger partial charge in [0.15, 0.2) is 12.6 Å². The van der Waals surface area contributed by atoms with Gasteiger partial charge < -0.3 is 54.0 Å². The van der Waals surface area contributed by atoms with Crippen molar-refractivity contribution >= 4 is 0 Å². The quantitative estimate of drug-likeness (QED) is 0.237. The topological polar surface area (TPSA) is 171 Å². The Labute approximate surface area is 253 Å². The van der Waals surface area contributed by atoms with Crippen LogP contribution in [0.5, 0.6) is 0 Å². The van der Waals surface area contributed by atoms with Crippen LogP contribution < -0.4 is 0 Å². The molecule has 1 aromatic rings. The third-order valence-electron chi connectivity index (χ3n) is 10.9. The molecule has 2 aliphatic heterocycles. The minimum Gasteiger partial charge on any atom is -0.472 e. The Balaban J connectivity index is 1.34. The first kappa shape index (κ1) is 33.0. The summed E-state index contributed by atoms with van der Waals surface area (Å²) in [6.07, 6.45) is -4.64. The standard InChI is InChI=1S/C32H50O11/c1-16-6-9-21-31(3,4)22(10-12-32(21,5)19(16)8-7-18-11-13-39-15-18)42-30-28(26(37)23(34)17(2)40-30)43-29-27(38)25(36)24(35)20(14-33)41-29/h11,13,15,17,20-30,33-38H,6-10,12,14H2,1-5H3. The molecule has 2 aliphatic carbocycles. The van der Waals surface area contributed by atoms with Gasteiger partial charge in [-0.1, -0.05) is 31.9 Å². The number of aryl methyl sites for hydroxylation is 1. The third-order valence-corrected chi connectivity index (χ3v) is 10.9. The molecule has 2 saturated heterocycles. The van der Waals surface area contributed by atoms with Crippen molar-refractivity contribution in [2.75, 3.05) is 6.61 Å². The zero-order valence-corrected chi connectivity index (χ0v) is 25.8. The Morgan fingerprint density at radius 2 is 1.63 bits per heavy atom. The summed E-state index contributed by atoms with van der Waals surface area (Å²) in [5.41, 5.74) is 3.89. The lowest BCUT2D eigenvalue weighted by molar-refractivity contribution is -0.374. The van der Waals surface area contributed by atoms with Gasteiger partial charge >= 0.3 is 0 Å². The molecule has 0 amide bonds. The molecular weight excluding hydrogens is 560 g/mol. The van der Waals surface area contributed by atoms with Crippen LogP contribution in [0, 0.1) is 16.7 Å². The molecule has 13 atom stereocenters. The molecule has 5 rings (SSSR count). The van der Waals surface area contributed by atoms with Crippen LogP contribution in [0.15, 0.2) is 34.2 Å². The molecule has 1 saturated carbocycles. The molecule has 0 radical (unpaired) electrons. The lowest BCUT2D eigenvalue weighted by Gasteiger charge is -2.58. The molecular formula is C32H50O11. The highest BCUT2D eigenvalue weighted by Crippen LogP contribution is 2.61. The van der Waals surface area contributed by atoms with Crippen LogP contribution in [0.4, 0.5) is 0 Å². The Morgan fingerprint density at radius 1 is 0.884 bits per heavy atom. The first-order valence-electron chi connectivity index (χ1n) is 15.6. The zero-order valence-electron chi connectivity index (χ0n) is 25.8. The summed E-state index contributed by atoms with van der Waals surface area (Å²) in [5.74, 6) is 0.322. The minimum absolute atomic E-state index is 0.00190. The second kappa shape index (κ2) is 12.8. The van der Waals surface area contributed by atoms with Gasteiger partial charge in [0.1, 0.15) is 42.7 Å². The van der Waals surface area contributed by atoms with Crippen LogP contribution in [0.3, 0.4) is 0 Å².